The van der Waals surface area contributed by atoms with Crippen LogP contribution in [-0.2, 0) is 14.4 Å². The predicted molar refractivity (Wildman–Crippen MR) is 74.2 cm³/mol. The lowest BCUT2D eigenvalue weighted by Crippen LogP contribution is -2.28. The van der Waals surface area contributed by atoms with Crippen molar-refractivity contribution in [1.82, 2.24) is 10.0 Å². The van der Waals surface area contributed by atoms with Crippen LogP contribution in [0.15, 0.2) is 29.4 Å². The molecule has 0 saturated carbocycles. The molecule has 0 atom stereocenters. The Bertz CT molecular complexity index is 442. The summed E-state index contributed by atoms with van der Waals surface area (Å²) in [5, 5.41) is 2.08. The zero-order valence-corrected chi connectivity index (χ0v) is 11.9. The van der Waals surface area contributed by atoms with Crippen molar-refractivity contribution < 1.29 is 14.4 Å². The highest BCUT2D eigenvalue weighted by Gasteiger charge is 2.23. The third-order valence-electron chi connectivity index (χ3n) is 2.41. The van der Waals surface area contributed by atoms with Crippen LogP contribution in [0.3, 0.4) is 0 Å². The number of carbonyl (C=O) groups is 2. The van der Waals surface area contributed by atoms with E-state index >= 15 is 0 Å². The molecule has 7 heteroatoms. The molecule has 1 aromatic heterocycles. The maximum atomic E-state index is 11.5. The second kappa shape index (κ2) is 7.40. The van der Waals surface area contributed by atoms with Gasteiger partial charge in [0.25, 0.3) is 5.91 Å². The van der Waals surface area contributed by atoms with Gasteiger partial charge in [-0.1, -0.05) is 16.9 Å². The van der Waals surface area contributed by atoms with E-state index in [1.165, 1.54) is 15.9 Å². The van der Waals surface area contributed by atoms with Crippen LogP contribution in [-0.4, -0.2) is 34.2 Å². The van der Waals surface area contributed by atoms with Crippen LogP contribution in [0, 0.1) is 0 Å². The fraction of sp³-hybridized carbons (Fsp3) is 0.417. The molecule has 19 heavy (non-hydrogen) atoms. The van der Waals surface area contributed by atoms with E-state index in [1.54, 1.807) is 17.0 Å². The number of hydrogen-bond acceptors (Lipinski definition) is 6. The first-order chi connectivity index (χ1) is 9.25. The maximum absolute atomic E-state index is 11.5. The molecular formula is C12H14N2O3S2. The Morgan fingerprint density at radius 1 is 1.47 bits per heavy atom. The molecule has 1 saturated heterocycles. The molecule has 1 fully saturated rings. The fourth-order valence-electron chi connectivity index (χ4n) is 1.51. The van der Waals surface area contributed by atoms with Crippen molar-refractivity contribution in [2.24, 2.45) is 0 Å². The largest absolute Gasteiger partial charge is 0.338 e. The molecule has 2 rings (SSSR count). The molecule has 0 N–H and O–H groups in total. The van der Waals surface area contributed by atoms with Gasteiger partial charge in [0.15, 0.2) is 0 Å². The van der Waals surface area contributed by atoms with Crippen LogP contribution >= 0.6 is 21.6 Å². The Hall–Kier alpha value is -1.21. The first-order valence-electron chi connectivity index (χ1n) is 5.97. The SMILES string of the molecule is O=C(CCSSc1ccccn1)ON1CCCC1=O. The van der Waals surface area contributed by atoms with Gasteiger partial charge in [0.2, 0.25) is 0 Å². The van der Waals surface area contributed by atoms with E-state index in [4.69, 9.17) is 4.84 Å². The van der Waals surface area contributed by atoms with Crippen molar-refractivity contribution in [3.05, 3.63) is 24.4 Å². The van der Waals surface area contributed by atoms with Gasteiger partial charge in [-0.15, -0.1) is 0 Å². The maximum Gasteiger partial charge on any atom is 0.333 e. The highest BCUT2D eigenvalue weighted by atomic mass is 33.1. The van der Waals surface area contributed by atoms with Gasteiger partial charge < -0.3 is 4.84 Å². The Balaban J connectivity index is 1.60. The monoisotopic (exact) mass is 298 g/mol. The van der Waals surface area contributed by atoms with E-state index < -0.39 is 0 Å². The normalized spacial score (nSPS) is 14.7. The third-order valence-corrected chi connectivity index (χ3v) is 4.68. The minimum absolute atomic E-state index is 0.108. The van der Waals surface area contributed by atoms with Gasteiger partial charge in [-0.2, -0.15) is 5.06 Å². The Kier molecular flexibility index (Phi) is 5.53. The number of carbonyl (C=O) groups excluding carboxylic acids is 2. The molecule has 1 aromatic rings. The molecule has 1 amide bonds. The molecule has 2 heterocycles. The summed E-state index contributed by atoms with van der Waals surface area (Å²) in [6, 6.07) is 5.70. The molecule has 0 aromatic carbocycles. The lowest BCUT2D eigenvalue weighted by atomic mass is 10.4. The molecule has 0 spiro atoms. The van der Waals surface area contributed by atoms with Gasteiger partial charge in [-0.05, 0) is 29.3 Å². The number of hydroxylamine groups is 2. The van der Waals surface area contributed by atoms with Crippen LogP contribution < -0.4 is 0 Å². The van der Waals surface area contributed by atoms with Gasteiger partial charge in [-0.25, -0.2) is 9.78 Å². The van der Waals surface area contributed by atoms with E-state index in [-0.39, 0.29) is 18.3 Å². The standard InChI is InChI=1S/C12H14N2O3S2/c15-11-5-3-8-14(11)17-12(16)6-9-18-19-10-4-1-2-7-13-10/h1-2,4,7H,3,5-6,8-9H2. The van der Waals surface area contributed by atoms with Gasteiger partial charge >= 0.3 is 5.97 Å². The summed E-state index contributed by atoms with van der Waals surface area (Å²) >= 11 is 0. The zero-order chi connectivity index (χ0) is 13.5. The minimum atomic E-state index is -0.357. The molecule has 1 aliphatic heterocycles. The summed E-state index contributed by atoms with van der Waals surface area (Å²) in [5.41, 5.74) is 0. The Morgan fingerprint density at radius 2 is 2.37 bits per heavy atom. The average molecular weight is 298 g/mol. The fourth-order valence-corrected chi connectivity index (χ4v) is 3.36. The third kappa shape index (κ3) is 4.76. The summed E-state index contributed by atoms with van der Waals surface area (Å²) < 4.78 is 0. The van der Waals surface area contributed by atoms with E-state index in [9.17, 15) is 9.59 Å². The Labute approximate surface area is 119 Å². The minimum Gasteiger partial charge on any atom is -0.338 e. The number of pyridine rings is 1. The molecule has 1 aliphatic rings. The predicted octanol–water partition coefficient (Wildman–Crippen LogP) is 2.29. The highest BCUT2D eigenvalue weighted by molar-refractivity contribution is 8.76. The average Bonchev–Trinajstić information content (AvgIpc) is 2.82. The number of aromatic nitrogens is 1. The molecular weight excluding hydrogens is 284 g/mol. The molecule has 0 bridgehead atoms. The summed E-state index contributed by atoms with van der Waals surface area (Å²) in [6.45, 7) is 0.514. The van der Waals surface area contributed by atoms with Crippen LogP contribution in [0.25, 0.3) is 0 Å². The van der Waals surface area contributed by atoms with Crippen LogP contribution in [0.4, 0.5) is 0 Å². The van der Waals surface area contributed by atoms with E-state index in [0.29, 0.717) is 18.7 Å². The number of hydrogen-bond donors (Lipinski definition) is 0. The van der Waals surface area contributed by atoms with Crippen molar-refractivity contribution in [2.75, 3.05) is 12.3 Å². The molecule has 0 radical (unpaired) electrons. The molecule has 0 unspecified atom stereocenters. The van der Waals surface area contributed by atoms with Crippen LogP contribution in [0.1, 0.15) is 19.3 Å². The van der Waals surface area contributed by atoms with Crippen molar-refractivity contribution in [3.8, 4) is 0 Å². The molecule has 102 valence electrons. The zero-order valence-electron chi connectivity index (χ0n) is 10.3. The van der Waals surface area contributed by atoms with Crippen LogP contribution in [0.5, 0.6) is 0 Å². The molecule has 5 nitrogen and oxygen atoms in total. The summed E-state index contributed by atoms with van der Waals surface area (Å²) in [5.74, 6) is 0.162. The summed E-state index contributed by atoms with van der Waals surface area (Å²) in [6.07, 6.45) is 3.25. The van der Waals surface area contributed by atoms with E-state index in [2.05, 4.69) is 4.98 Å². The number of amides is 1. The van der Waals surface area contributed by atoms with Crippen molar-refractivity contribution in [1.29, 1.82) is 0 Å². The lowest BCUT2D eigenvalue weighted by molar-refractivity contribution is -0.192. The summed E-state index contributed by atoms with van der Waals surface area (Å²) in [7, 11) is 3.07. The van der Waals surface area contributed by atoms with Crippen LogP contribution in [0.2, 0.25) is 0 Å². The first kappa shape index (κ1) is 14.2. The number of nitrogens with zero attached hydrogens (tertiary/aromatic N) is 2. The van der Waals surface area contributed by atoms with E-state index in [0.717, 1.165) is 11.4 Å². The topological polar surface area (TPSA) is 59.5 Å². The van der Waals surface area contributed by atoms with Gasteiger partial charge in [-0.3, -0.25) is 4.79 Å². The van der Waals surface area contributed by atoms with Gasteiger partial charge in [0.05, 0.1) is 13.0 Å². The van der Waals surface area contributed by atoms with E-state index in [1.807, 2.05) is 18.2 Å². The van der Waals surface area contributed by atoms with Gasteiger partial charge in [0, 0.05) is 18.4 Å². The lowest BCUT2D eigenvalue weighted by Gasteiger charge is -2.13. The quantitative estimate of drug-likeness (QED) is 0.593. The smallest absolute Gasteiger partial charge is 0.333 e. The Morgan fingerprint density at radius 3 is 3.05 bits per heavy atom. The van der Waals surface area contributed by atoms with Gasteiger partial charge in [0.1, 0.15) is 5.03 Å². The first-order valence-corrected chi connectivity index (χ1v) is 8.29. The van der Waals surface area contributed by atoms with Crippen molar-refractivity contribution in [3.63, 3.8) is 0 Å². The second-order valence-electron chi connectivity index (χ2n) is 3.89. The number of rotatable bonds is 6. The highest BCUT2D eigenvalue weighted by Crippen LogP contribution is 2.29. The van der Waals surface area contributed by atoms with Crippen molar-refractivity contribution in [2.45, 2.75) is 24.3 Å². The second-order valence-corrected chi connectivity index (χ2v) is 6.32. The summed E-state index contributed by atoms with van der Waals surface area (Å²) in [4.78, 5) is 31.9. The van der Waals surface area contributed by atoms with Crippen molar-refractivity contribution >= 4 is 33.5 Å². The molecule has 0 aliphatic carbocycles.